The molecule has 0 amide bonds. The summed E-state index contributed by atoms with van der Waals surface area (Å²) in [6, 6.07) is 0.454. The Kier molecular flexibility index (Phi) is 3.98. The molecule has 1 heterocycles. The number of alkyl halides is 3. The standard InChI is InChI=1S/C3H8N2.C2HF3O2/c4-3-1-5-2-3;3-2(4,5)1(6)7/h3,5H,1-2,4H2;(H,6,7). The molecule has 7 heteroatoms. The van der Waals surface area contributed by atoms with Crippen LogP contribution in [0, 0.1) is 0 Å². The van der Waals surface area contributed by atoms with E-state index in [2.05, 4.69) is 5.32 Å². The molecule has 0 aliphatic carbocycles. The predicted molar refractivity (Wildman–Crippen MR) is 34.5 cm³/mol. The van der Waals surface area contributed by atoms with Gasteiger partial charge in [-0.3, -0.25) is 0 Å². The molecule has 1 aliphatic rings. The van der Waals surface area contributed by atoms with Crippen LogP contribution in [0.2, 0.25) is 0 Å². The van der Waals surface area contributed by atoms with Crippen LogP contribution in [0.5, 0.6) is 0 Å². The number of halogens is 3. The summed E-state index contributed by atoms with van der Waals surface area (Å²) in [6.45, 7) is 2.03. The first kappa shape index (κ1) is 11.2. The van der Waals surface area contributed by atoms with Crippen molar-refractivity contribution in [1.29, 1.82) is 0 Å². The molecule has 1 rings (SSSR count). The second-order valence-electron chi connectivity index (χ2n) is 2.22. The molecule has 0 bridgehead atoms. The third kappa shape index (κ3) is 4.91. The lowest BCUT2D eigenvalue weighted by molar-refractivity contribution is -0.192. The van der Waals surface area contributed by atoms with Gasteiger partial charge in [-0.15, -0.1) is 0 Å². The van der Waals surface area contributed by atoms with Gasteiger partial charge in [0.05, 0.1) is 0 Å². The van der Waals surface area contributed by atoms with Crippen molar-refractivity contribution in [3.05, 3.63) is 0 Å². The number of carboxylic acid groups (broad SMARTS) is 1. The fourth-order valence-electron chi connectivity index (χ4n) is 0.311. The third-order valence-electron chi connectivity index (χ3n) is 1.06. The maximum Gasteiger partial charge on any atom is 0.490 e. The third-order valence-corrected chi connectivity index (χ3v) is 1.06. The summed E-state index contributed by atoms with van der Waals surface area (Å²) < 4.78 is 31.7. The van der Waals surface area contributed by atoms with Crippen molar-refractivity contribution in [3.63, 3.8) is 0 Å². The summed E-state index contributed by atoms with van der Waals surface area (Å²) in [6.07, 6.45) is -5.08. The van der Waals surface area contributed by atoms with E-state index in [1.54, 1.807) is 0 Å². The molecule has 1 fully saturated rings. The molecule has 4 N–H and O–H groups in total. The van der Waals surface area contributed by atoms with Crippen LogP contribution >= 0.6 is 0 Å². The van der Waals surface area contributed by atoms with Gasteiger partial charge in [0.1, 0.15) is 0 Å². The number of aliphatic carboxylic acids is 1. The highest BCUT2D eigenvalue weighted by atomic mass is 19.4. The van der Waals surface area contributed by atoms with Gasteiger partial charge in [0.15, 0.2) is 0 Å². The highest BCUT2D eigenvalue weighted by molar-refractivity contribution is 5.73. The molecule has 1 aliphatic heterocycles. The van der Waals surface area contributed by atoms with Crippen LogP contribution in [0.4, 0.5) is 13.2 Å². The lowest BCUT2D eigenvalue weighted by atomic mass is 10.2. The second kappa shape index (κ2) is 4.27. The SMILES string of the molecule is NC1CNC1.O=C(O)C(F)(F)F. The molecule has 0 saturated carbocycles. The lowest BCUT2D eigenvalue weighted by Gasteiger charge is -2.21. The maximum atomic E-state index is 10.6. The minimum Gasteiger partial charge on any atom is -0.475 e. The fourth-order valence-corrected chi connectivity index (χ4v) is 0.311. The molecule has 4 nitrogen and oxygen atoms in total. The Labute approximate surface area is 66.5 Å². The number of rotatable bonds is 0. The number of hydrogen-bond donors (Lipinski definition) is 3. The van der Waals surface area contributed by atoms with E-state index in [0.29, 0.717) is 6.04 Å². The Morgan fingerprint density at radius 2 is 1.75 bits per heavy atom. The molecule has 0 aromatic heterocycles. The van der Waals surface area contributed by atoms with Gasteiger partial charge in [0.25, 0.3) is 0 Å². The van der Waals surface area contributed by atoms with Crippen molar-refractivity contribution < 1.29 is 23.1 Å². The fraction of sp³-hybridized carbons (Fsp3) is 0.800. The quantitative estimate of drug-likeness (QED) is 0.479. The molecule has 0 radical (unpaired) electrons. The highest BCUT2D eigenvalue weighted by Gasteiger charge is 2.38. The van der Waals surface area contributed by atoms with Crippen molar-refractivity contribution >= 4 is 5.97 Å². The highest BCUT2D eigenvalue weighted by Crippen LogP contribution is 2.13. The molecular formula is C5H9F3N2O2. The van der Waals surface area contributed by atoms with Crippen LogP contribution in [0.3, 0.4) is 0 Å². The van der Waals surface area contributed by atoms with E-state index >= 15 is 0 Å². The summed E-state index contributed by atoms with van der Waals surface area (Å²) in [5.41, 5.74) is 5.32. The molecular weight excluding hydrogens is 177 g/mol. The van der Waals surface area contributed by atoms with Gasteiger partial charge in [0.2, 0.25) is 0 Å². The first-order chi connectivity index (χ1) is 5.34. The van der Waals surface area contributed by atoms with E-state index in [0.717, 1.165) is 13.1 Å². The monoisotopic (exact) mass is 186 g/mol. The Balaban J connectivity index is 0.000000211. The number of nitrogens with two attached hydrogens (primary N) is 1. The first-order valence-electron chi connectivity index (χ1n) is 3.10. The van der Waals surface area contributed by atoms with Crippen LogP contribution in [0.1, 0.15) is 0 Å². The molecule has 0 unspecified atom stereocenters. The van der Waals surface area contributed by atoms with E-state index in [-0.39, 0.29) is 0 Å². The van der Waals surface area contributed by atoms with E-state index in [9.17, 15) is 13.2 Å². The van der Waals surface area contributed by atoms with Gasteiger partial charge in [-0.1, -0.05) is 0 Å². The zero-order valence-electron chi connectivity index (χ0n) is 6.06. The second-order valence-corrected chi connectivity index (χ2v) is 2.22. The van der Waals surface area contributed by atoms with Crippen LogP contribution in [-0.4, -0.2) is 36.4 Å². The van der Waals surface area contributed by atoms with Crippen molar-refractivity contribution in [1.82, 2.24) is 5.32 Å². The molecule has 1 saturated heterocycles. The van der Waals surface area contributed by atoms with Crippen LogP contribution in [0.25, 0.3) is 0 Å². The molecule has 12 heavy (non-hydrogen) atoms. The summed E-state index contributed by atoms with van der Waals surface area (Å²) in [5, 5.41) is 10.2. The topological polar surface area (TPSA) is 75.3 Å². The van der Waals surface area contributed by atoms with Gasteiger partial charge in [0, 0.05) is 19.1 Å². The molecule has 0 aromatic rings. The van der Waals surface area contributed by atoms with Crippen LogP contribution < -0.4 is 11.1 Å². The van der Waals surface area contributed by atoms with E-state index in [1.165, 1.54) is 0 Å². The van der Waals surface area contributed by atoms with E-state index < -0.39 is 12.1 Å². The smallest absolute Gasteiger partial charge is 0.475 e. The number of carboxylic acids is 1. The average Bonchev–Trinajstić information content (AvgIpc) is 1.83. The van der Waals surface area contributed by atoms with Crippen LogP contribution in [-0.2, 0) is 4.79 Å². The molecule has 0 aromatic carbocycles. The summed E-state index contributed by atoms with van der Waals surface area (Å²) in [7, 11) is 0. The molecule has 0 spiro atoms. The van der Waals surface area contributed by atoms with Gasteiger partial charge in [-0.2, -0.15) is 13.2 Å². The average molecular weight is 186 g/mol. The largest absolute Gasteiger partial charge is 0.490 e. The Bertz CT molecular complexity index is 155. The van der Waals surface area contributed by atoms with Gasteiger partial charge < -0.3 is 16.2 Å². The van der Waals surface area contributed by atoms with Crippen molar-refractivity contribution in [2.45, 2.75) is 12.2 Å². The van der Waals surface area contributed by atoms with Crippen molar-refractivity contribution in [2.75, 3.05) is 13.1 Å². The molecule has 72 valence electrons. The lowest BCUT2D eigenvalue weighted by Crippen LogP contribution is -2.52. The summed E-state index contributed by atoms with van der Waals surface area (Å²) in [5.74, 6) is -2.76. The number of nitrogens with one attached hydrogen (secondary N) is 1. The molecule has 0 atom stereocenters. The van der Waals surface area contributed by atoms with E-state index in [1.807, 2.05) is 0 Å². The van der Waals surface area contributed by atoms with E-state index in [4.69, 9.17) is 15.6 Å². The number of carbonyl (C=O) groups is 1. The number of hydrogen-bond acceptors (Lipinski definition) is 3. The van der Waals surface area contributed by atoms with Gasteiger partial charge >= 0.3 is 12.1 Å². The normalized spacial score (nSPS) is 17.3. The van der Waals surface area contributed by atoms with Gasteiger partial charge in [-0.25, -0.2) is 4.79 Å². The zero-order valence-corrected chi connectivity index (χ0v) is 6.06. The Hall–Kier alpha value is -0.820. The van der Waals surface area contributed by atoms with Crippen molar-refractivity contribution in [3.8, 4) is 0 Å². The van der Waals surface area contributed by atoms with Crippen LogP contribution in [0.15, 0.2) is 0 Å². The van der Waals surface area contributed by atoms with Crippen molar-refractivity contribution in [2.24, 2.45) is 5.73 Å². The Morgan fingerprint density at radius 3 is 1.75 bits per heavy atom. The predicted octanol–water partition coefficient (Wildman–Crippen LogP) is -0.450. The van der Waals surface area contributed by atoms with Gasteiger partial charge in [-0.05, 0) is 0 Å². The maximum absolute atomic E-state index is 10.6. The Morgan fingerprint density at radius 1 is 1.50 bits per heavy atom. The summed E-state index contributed by atoms with van der Waals surface area (Å²) >= 11 is 0. The first-order valence-corrected chi connectivity index (χ1v) is 3.10. The zero-order chi connectivity index (χ0) is 9.78. The summed E-state index contributed by atoms with van der Waals surface area (Å²) in [4.78, 5) is 8.90. The minimum absolute atomic E-state index is 0.454. The minimum atomic E-state index is -5.08.